The zero-order valence-electron chi connectivity index (χ0n) is 11.6. The van der Waals surface area contributed by atoms with Crippen molar-refractivity contribution in [2.24, 2.45) is 0 Å². The van der Waals surface area contributed by atoms with Gasteiger partial charge in [-0.15, -0.1) is 5.10 Å². The maximum Gasteiger partial charge on any atom is 0.183 e. The van der Waals surface area contributed by atoms with Crippen LogP contribution in [0.1, 0.15) is 25.3 Å². The number of nitrogens with zero attached hydrogens (tertiary/aromatic N) is 5. The Labute approximate surface area is 131 Å². The van der Waals surface area contributed by atoms with Crippen LogP contribution in [-0.4, -0.2) is 44.2 Å². The number of nitrogen functional groups attached to an aromatic ring is 1. The molecule has 0 amide bonds. The number of tetrazole rings is 1. The molecule has 1 saturated carbocycles. The van der Waals surface area contributed by atoms with Crippen LogP contribution in [0.3, 0.4) is 0 Å². The van der Waals surface area contributed by atoms with Crippen LogP contribution in [0.5, 0.6) is 0 Å². The highest BCUT2D eigenvalue weighted by Crippen LogP contribution is 2.35. The predicted molar refractivity (Wildman–Crippen MR) is 83.6 cm³/mol. The van der Waals surface area contributed by atoms with Gasteiger partial charge in [-0.25, -0.2) is 4.68 Å². The van der Waals surface area contributed by atoms with Crippen molar-refractivity contribution < 1.29 is 0 Å². The Morgan fingerprint density at radius 1 is 1.19 bits per heavy atom. The molecule has 1 aliphatic carbocycles. The van der Waals surface area contributed by atoms with Gasteiger partial charge in [0.15, 0.2) is 5.82 Å². The summed E-state index contributed by atoms with van der Waals surface area (Å²) < 4.78 is 2.92. The highest BCUT2D eigenvalue weighted by Gasteiger charge is 2.36. The summed E-state index contributed by atoms with van der Waals surface area (Å²) in [4.78, 5) is 2.56. The van der Waals surface area contributed by atoms with Gasteiger partial charge < -0.3 is 5.73 Å². The third kappa shape index (κ3) is 2.44. The van der Waals surface area contributed by atoms with Gasteiger partial charge in [0.1, 0.15) is 0 Å². The summed E-state index contributed by atoms with van der Waals surface area (Å²) in [6, 6.07) is 6.87. The molecule has 2 aliphatic rings. The van der Waals surface area contributed by atoms with Crippen molar-refractivity contribution in [1.82, 2.24) is 25.1 Å². The Morgan fingerprint density at radius 2 is 2.05 bits per heavy atom. The van der Waals surface area contributed by atoms with Gasteiger partial charge in [-0.1, -0.05) is 15.9 Å². The van der Waals surface area contributed by atoms with E-state index in [1.165, 1.54) is 12.8 Å². The third-order valence-corrected chi connectivity index (χ3v) is 5.02. The summed E-state index contributed by atoms with van der Waals surface area (Å²) in [6.45, 7) is 2.19. The number of likely N-dealkylation sites (tertiary alicyclic amines) is 1. The average Bonchev–Trinajstić information content (AvgIpc) is 3.02. The molecule has 110 valence electrons. The lowest BCUT2D eigenvalue weighted by Gasteiger charge is -2.16. The third-order valence-electron chi connectivity index (χ3n) is 4.33. The van der Waals surface area contributed by atoms with Gasteiger partial charge in [0.05, 0.1) is 6.04 Å². The second kappa shape index (κ2) is 5.06. The van der Waals surface area contributed by atoms with E-state index in [9.17, 15) is 0 Å². The van der Waals surface area contributed by atoms with Crippen LogP contribution in [0.15, 0.2) is 22.7 Å². The Hall–Kier alpha value is -1.47. The Kier molecular flexibility index (Phi) is 3.19. The zero-order chi connectivity index (χ0) is 14.4. The van der Waals surface area contributed by atoms with E-state index in [-0.39, 0.29) is 0 Å². The number of anilines is 1. The number of nitrogens with two attached hydrogens (primary N) is 1. The van der Waals surface area contributed by atoms with E-state index in [0.717, 1.165) is 41.4 Å². The molecular formula is C14H17BrN6. The maximum atomic E-state index is 5.90. The summed E-state index contributed by atoms with van der Waals surface area (Å²) in [5.41, 5.74) is 7.57. The summed E-state index contributed by atoms with van der Waals surface area (Å²) >= 11 is 3.56. The van der Waals surface area contributed by atoms with Crippen molar-refractivity contribution in [3.63, 3.8) is 0 Å². The molecule has 2 heterocycles. The first-order chi connectivity index (χ1) is 10.2. The van der Waals surface area contributed by atoms with Crippen molar-refractivity contribution in [2.75, 3.05) is 18.8 Å². The Balaban J connectivity index is 1.66. The van der Waals surface area contributed by atoms with E-state index in [0.29, 0.717) is 11.7 Å². The minimum absolute atomic E-state index is 0.351. The molecule has 0 radical (unpaired) electrons. The maximum absolute atomic E-state index is 5.90. The molecule has 2 fully saturated rings. The SMILES string of the molecule is Nc1ccc(Br)c(-c2nnnn2C2CCN(C3CC3)C2)c1. The zero-order valence-corrected chi connectivity index (χ0v) is 13.2. The Morgan fingerprint density at radius 3 is 2.86 bits per heavy atom. The quantitative estimate of drug-likeness (QED) is 0.859. The van der Waals surface area contributed by atoms with Gasteiger partial charge in [0.25, 0.3) is 0 Å². The molecule has 1 unspecified atom stereocenters. The highest BCUT2D eigenvalue weighted by molar-refractivity contribution is 9.10. The van der Waals surface area contributed by atoms with Gasteiger partial charge in [-0.3, -0.25) is 4.90 Å². The van der Waals surface area contributed by atoms with Gasteiger partial charge >= 0.3 is 0 Å². The second-order valence-corrected chi connectivity index (χ2v) is 6.71. The average molecular weight is 349 g/mol. The molecule has 0 bridgehead atoms. The summed E-state index contributed by atoms with van der Waals surface area (Å²) in [5, 5.41) is 12.3. The molecule has 6 nitrogen and oxygen atoms in total. The number of aromatic nitrogens is 4. The lowest BCUT2D eigenvalue weighted by molar-refractivity contribution is 0.309. The van der Waals surface area contributed by atoms with Gasteiger partial charge in [0.2, 0.25) is 0 Å². The number of halogens is 1. The van der Waals surface area contributed by atoms with Crippen LogP contribution in [0, 0.1) is 0 Å². The molecule has 2 N–H and O–H groups in total. The molecule has 1 aromatic heterocycles. The summed E-state index contributed by atoms with van der Waals surface area (Å²) in [5.74, 6) is 0.789. The van der Waals surface area contributed by atoms with E-state index < -0.39 is 0 Å². The summed E-state index contributed by atoms with van der Waals surface area (Å²) in [6.07, 6.45) is 3.79. The second-order valence-electron chi connectivity index (χ2n) is 5.85. The van der Waals surface area contributed by atoms with Gasteiger partial charge in [-0.2, -0.15) is 0 Å². The molecule has 21 heavy (non-hydrogen) atoms. The molecule has 1 aromatic carbocycles. The van der Waals surface area contributed by atoms with Crippen LogP contribution >= 0.6 is 15.9 Å². The van der Waals surface area contributed by atoms with Gasteiger partial charge in [-0.05, 0) is 47.9 Å². The lowest BCUT2D eigenvalue weighted by Crippen LogP contribution is -2.24. The molecule has 4 rings (SSSR count). The predicted octanol–water partition coefficient (Wildman–Crippen LogP) is 2.09. The van der Waals surface area contributed by atoms with E-state index in [4.69, 9.17) is 5.73 Å². The fraction of sp³-hybridized carbons (Fsp3) is 0.500. The molecule has 2 aromatic rings. The lowest BCUT2D eigenvalue weighted by atomic mass is 10.1. The van der Waals surface area contributed by atoms with Crippen LogP contribution in [0.4, 0.5) is 5.69 Å². The van der Waals surface area contributed by atoms with E-state index in [2.05, 4.69) is 36.4 Å². The first-order valence-corrected chi connectivity index (χ1v) is 8.09. The molecular weight excluding hydrogens is 332 g/mol. The first-order valence-electron chi connectivity index (χ1n) is 7.29. The fourth-order valence-electron chi connectivity index (χ4n) is 3.07. The Bertz CT molecular complexity index is 665. The molecule has 7 heteroatoms. The number of hydrogen-bond donors (Lipinski definition) is 1. The number of hydrogen-bond acceptors (Lipinski definition) is 5. The van der Waals surface area contributed by atoms with E-state index in [1.54, 1.807) is 0 Å². The topological polar surface area (TPSA) is 72.9 Å². The minimum atomic E-state index is 0.351. The van der Waals surface area contributed by atoms with Crippen LogP contribution < -0.4 is 5.73 Å². The molecule has 0 spiro atoms. The minimum Gasteiger partial charge on any atom is -0.399 e. The fourth-order valence-corrected chi connectivity index (χ4v) is 3.49. The molecule has 1 atom stereocenters. The largest absolute Gasteiger partial charge is 0.399 e. The molecule has 1 saturated heterocycles. The first kappa shape index (κ1) is 13.2. The van der Waals surface area contributed by atoms with E-state index in [1.807, 2.05) is 22.9 Å². The van der Waals surface area contributed by atoms with Crippen molar-refractivity contribution in [2.45, 2.75) is 31.3 Å². The van der Waals surface area contributed by atoms with Gasteiger partial charge in [0, 0.05) is 34.9 Å². The monoisotopic (exact) mass is 348 g/mol. The van der Waals surface area contributed by atoms with Crippen LogP contribution in [0.25, 0.3) is 11.4 Å². The van der Waals surface area contributed by atoms with E-state index >= 15 is 0 Å². The van der Waals surface area contributed by atoms with Crippen molar-refractivity contribution in [3.8, 4) is 11.4 Å². The van der Waals surface area contributed by atoms with Crippen molar-refractivity contribution in [3.05, 3.63) is 22.7 Å². The van der Waals surface area contributed by atoms with Crippen LogP contribution in [-0.2, 0) is 0 Å². The smallest absolute Gasteiger partial charge is 0.183 e. The normalized spacial score (nSPS) is 22.8. The number of rotatable bonds is 3. The standard InChI is InChI=1S/C14H17BrN6/c15-13-4-1-9(16)7-12(13)14-17-18-19-21(14)11-5-6-20(8-11)10-2-3-10/h1,4,7,10-11H,2-3,5-6,8,16H2. The number of benzene rings is 1. The molecule has 1 aliphatic heterocycles. The van der Waals surface area contributed by atoms with Crippen molar-refractivity contribution >= 4 is 21.6 Å². The highest BCUT2D eigenvalue weighted by atomic mass is 79.9. The van der Waals surface area contributed by atoms with Crippen LogP contribution in [0.2, 0.25) is 0 Å². The summed E-state index contributed by atoms with van der Waals surface area (Å²) in [7, 11) is 0. The van der Waals surface area contributed by atoms with Crippen molar-refractivity contribution in [1.29, 1.82) is 0 Å².